The highest BCUT2D eigenvalue weighted by molar-refractivity contribution is 5.93. The van der Waals surface area contributed by atoms with Gasteiger partial charge in [0.1, 0.15) is 5.75 Å². The van der Waals surface area contributed by atoms with Crippen LogP contribution in [0.3, 0.4) is 0 Å². The summed E-state index contributed by atoms with van der Waals surface area (Å²) in [6.45, 7) is 0. The summed E-state index contributed by atoms with van der Waals surface area (Å²) in [6, 6.07) is 10.00. The minimum Gasteiger partial charge on any atom is -0.508 e. The second-order valence-electron chi connectivity index (χ2n) is 3.11. The van der Waals surface area contributed by atoms with Crippen molar-refractivity contribution in [2.75, 3.05) is 0 Å². The fourth-order valence-corrected chi connectivity index (χ4v) is 1.44. The first-order valence-corrected chi connectivity index (χ1v) is 4.44. The quantitative estimate of drug-likeness (QED) is 0.476. The lowest BCUT2D eigenvalue weighted by atomic mass is 10.1. The van der Waals surface area contributed by atoms with Gasteiger partial charge in [-0.2, -0.15) is 0 Å². The smallest absolute Gasteiger partial charge is 0.215 e. The van der Waals surface area contributed by atoms with E-state index in [0.717, 1.165) is 5.39 Å². The van der Waals surface area contributed by atoms with Gasteiger partial charge in [-0.25, -0.2) is 0 Å². The lowest BCUT2D eigenvalue weighted by Gasteiger charge is -1.98. The van der Waals surface area contributed by atoms with Gasteiger partial charge in [0.15, 0.2) is 5.22 Å². The standard InChI is InChI=1S/C10H7N3O3/c14-8-5-7-3-1-2-4-9(7)10(6-8)11-12-13(15)16/h1-6,14H. The van der Waals surface area contributed by atoms with Gasteiger partial charge < -0.3 is 15.2 Å². The molecule has 0 unspecified atom stereocenters. The lowest BCUT2D eigenvalue weighted by Crippen LogP contribution is -1.81. The fraction of sp³-hybridized carbons (Fsp3) is 0. The first-order chi connectivity index (χ1) is 7.66. The second kappa shape index (κ2) is 3.93. The van der Waals surface area contributed by atoms with Crippen molar-refractivity contribution in [2.24, 2.45) is 10.3 Å². The molecule has 0 aliphatic carbocycles. The van der Waals surface area contributed by atoms with Crippen LogP contribution in [0.2, 0.25) is 0 Å². The minimum absolute atomic E-state index is 0.00371. The first kappa shape index (κ1) is 10.0. The highest BCUT2D eigenvalue weighted by Crippen LogP contribution is 2.30. The van der Waals surface area contributed by atoms with E-state index in [9.17, 15) is 15.2 Å². The Morgan fingerprint density at radius 3 is 2.75 bits per heavy atom. The Balaban J connectivity index is 2.63. The molecule has 16 heavy (non-hydrogen) atoms. The van der Waals surface area contributed by atoms with Crippen molar-refractivity contribution in [3.8, 4) is 5.75 Å². The number of aromatic hydroxyl groups is 1. The maximum absolute atomic E-state index is 10.1. The fourth-order valence-electron chi connectivity index (χ4n) is 1.44. The number of hydrogen-bond donors (Lipinski definition) is 1. The number of fused-ring (bicyclic) bond motifs is 1. The van der Waals surface area contributed by atoms with Gasteiger partial charge in [-0.1, -0.05) is 18.2 Å². The third-order valence-electron chi connectivity index (χ3n) is 2.05. The van der Waals surface area contributed by atoms with Gasteiger partial charge in [-0.15, -0.1) is 0 Å². The molecule has 0 bridgehead atoms. The normalized spacial score (nSPS) is 11.0. The van der Waals surface area contributed by atoms with Crippen molar-refractivity contribution in [3.63, 3.8) is 0 Å². The Bertz CT molecular complexity index is 581. The SMILES string of the molecule is O=[N+]([O-])N=Nc1cc(O)cc2ccccc12. The van der Waals surface area contributed by atoms with E-state index < -0.39 is 5.03 Å². The van der Waals surface area contributed by atoms with Crippen LogP contribution in [0.5, 0.6) is 5.75 Å². The van der Waals surface area contributed by atoms with Crippen LogP contribution < -0.4 is 0 Å². The molecule has 0 saturated heterocycles. The van der Waals surface area contributed by atoms with Crippen molar-refractivity contribution in [1.29, 1.82) is 0 Å². The maximum atomic E-state index is 10.1. The molecule has 2 aromatic rings. The monoisotopic (exact) mass is 217 g/mol. The Morgan fingerprint density at radius 1 is 1.25 bits per heavy atom. The summed E-state index contributed by atoms with van der Waals surface area (Å²) in [7, 11) is 0. The zero-order valence-electron chi connectivity index (χ0n) is 8.07. The van der Waals surface area contributed by atoms with Gasteiger partial charge in [0.05, 0.1) is 10.1 Å². The number of nitrogens with zero attached hydrogens (tertiary/aromatic N) is 3. The predicted molar refractivity (Wildman–Crippen MR) is 57.1 cm³/mol. The summed E-state index contributed by atoms with van der Waals surface area (Å²) in [6.07, 6.45) is 0. The molecular weight excluding hydrogens is 210 g/mol. The van der Waals surface area contributed by atoms with Crippen LogP contribution in [0.25, 0.3) is 10.8 Å². The molecule has 0 aliphatic heterocycles. The summed E-state index contributed by atoms with van der Waals surface area (Å²) in [4.78, 5) is 10.1. The summed E-state index contributed by atoms with van der Waals surface area (Å²) in [5.74, 6) is -0.00371. The van der Waals surface area contributed by atoms with Crippen LogP contribution in [0, 0.1) is 10.1 Å². The average molecular weight is 217 g/mol. The van der Waals surface area contributed by atoms with E-state index in [1.165, 1.54) is 6.07 Å². The zero-order chi connectivity index (χ0) is 11.5. The van der Waals surface area contributed by atoms with E-state index in [2.05, 4.69) is 10.3 Å². The second-order valence-corrected chi connectivity index (χ2v) is 3.11. The van der Waals surface area contributed by atoms with Gasteiger partial charge in [0, 0.05) is 11.5 Å². The third-order valence-corrected chi connectivity index (χ3v) is 2.05. The van der Waals surface area contributed by atoms with E-state index in [0.29, 0.717) is 5.39 Å². The molecular formula is C10H7N3O3. The van der Waals surface area contributed by atoms with Gasteiger partial charge >= 0.3 is 0 Å². The van der Waals surface area contributed by atoms with E-state index in [4.69, 9.17) is 0 Å². The summed E-state index contributed by atoms with van der Waals surface area (Å²) in [5.41, 5.74) is 0.271. The van der Waals surface area contributed by atoms with Crippen LogP contribution in [0.4, 0.5) is 5.69 Å². The van der Waals surface area contributed by atoms with Crippen LogP contribution in [-0.2, 0) is 0 Å². The Kier molecular flexibility index (Phi) is 2.47. The Labute approximate surface area is 90.0 Å². The topological polar surface area (TPSA) is 88.1 Å². The van der Waals surface area contributed by atoms with Crippen LogP contribution in [0.15, 0.2) is 46.7 Å². The molecule has 6 heteroatoms. The molecule has 2 rings (SSSR count). The maximum Gasteiger partial charge on any atom is 0.215 e. The van der Waals surface area contributed by atoms with E-state index in [1.54, 1.807) is 30.3 Å². The van der Waals surface area contributed by atoms with Crippen molar-refractivity contribution < 1.29 is 10.1 Å². The van der Waals surface area contributed by atoms with Crippen LogP contribution >= 0.6 is 0 Å². The Hall–Kier alpha value is -2.50. The highest BCUT2D eigenvalue weighted by Gasteiger charge is 2.07. The molecule has 0 amide bonds. The number of nitro groups is 1. The van der Waals surface area contributed by atoms with Gasteiger partial charge in [-0.05, 0) is 17.5 Å². The molecule has 2 aromatic carbocycles. The first-order valence-electron chi connectivity index (χ1n) is 4.44. The van der Waals surface area contributed by atoms with E-state index in [1.807, 2.05) is 0 Å². The molecule has 1 N–H and O–H groups in total. The molecule has 0 atom stereocenters. The average Bonchev–Trinajstić information content (AvgIpc) is 2.25. The van der Waals surface area contributed by atoms with Crippen molar-refractivity contribution >= 4 is 16.5 Å². The molecule has 0 aromatic heterocycles. The lowest BCUT2D eigenvalue weighted by molar-refractivity contribution is -0.493. The summed E-state index contributed by atoms with van der Waals surface area (Å²) < 4.78 is 0. The predicted octanol–water partition coefficient (Wildman–Crippen LogP) is 2.82. The zero-order valence-corrected chi connectivity index (χ0v) is 8.07. The van der Waals surface area contributed by atoms with Crippen LogP contribution in [-0.4, -0.2) is 10.1 Å². The van der Waals surface area contributed by atoms with Crippen molar-refractivity contribution in [2.45, 2.75) is 0 Å². The molecule has 0 heterocycles. The Morgan fingerprint density at radius 2 is 2.00 bits per heavy atom. The molecule has 0 radical (unpaired) electrons. The van der Waals surface area contributed by atoms with Gasteiger partial charge in [0.25, 0.3) is 0 Å². The van der Waals surface area contributed by atoms with E-state index in [-0.39, 0.29) is 11.4 Å². The van der Waals surface area contributed by atoms with Gasteiger partial charge in [-0.3, -0.25) is 0 Å². The van der Waals surface area contributed by atoms with Gasteiger partial charge in [0.2, 0.25) is 5.69 Å². The molecule has 0 fully saturated rings. The van der Waals surface area contributed by atoms with Crippen molar-refractivity contribution in [1.82, 2.24) is 0 Å². The summed E-state index contributed by atoms with van der Waals surface area (Å²) in [5, 5.41) is 26.3. The summed E-state index contributed by atoms with van der Waals surface area (Å²) >= 11 is 0. The third kappa shape index (κ3) is 1.95. The molecule has 0 aliphatic rings. The number of rotatable bonds is 2. The molecule has 0 spiro atoms. The molecule has 6 nitrogen and oxygen atoms in total. The van der Waals surface area contributed by atoms with Crippen LogP contribution in [0.1, 0.15) is 0 Å². The molecule has 0 saturated carbocycles. The number of phenols is 1. The highest BCUT2D eigenvalue weighted by atomic mass is 16.7. The largest absolute Gasteiger partial charge is 0.508 e. The number of phenolic OH excluding ortho intramolecular Hbond substituents is 1. The number of benzene rings is 2. The van der Waals surface area contributed by atoms with E-state index >= 15 is 0 Å². The van der Waals surface area contributed by atoms with Crippen molar-refractivity contribution in [3.05, 3.63) is 46.5 Å². The minimum atomic E-state index is -0.890. The number of hydrogen-bond acceptors (Lipinski definition) is 4. The molecule has 80 valence electrons.